The second kappa shape index (κ2) is 10.9. The molecule has 1 saturated heterocycles. The van der Waals surface area contributed by atoms with Crippen molar-refractivity contribution in [2.75, 3.05) is 6.54 Å². The minimum Gasteiger partial charge on any atom is -0.384 e. The lowest BCUT2D eigenvalue weighted by Crippen LogP contribution is -2.52. The summed E-state index contributed by atoms with van der Waals surface area (Å²) in [6.07, 6.45) is 1.98. The Bertz CT molecular complexity index is 867. The summed E-state index contributed by atoms with van der Waals surface area (Å²) >= 11 is 0. The van der Waals surface area contributed by atoms with Gasteiger partial charge in [-0.2, -0.15) is 0 Å². The molecule has 0 unspecified atom stereocenters. The average Bonchev–Trinajstić information content (AvgIpc) is 3.27. The molecule has 1 heterocycles. The molecule has 0 radical (unpaired) electrons. The summed E-state index contributed by atoms with van der Waals surface area (Å²) in [5, 5.41) is 10.7. The van der Waals surface area contributed by atoms with Crippen LogP contribution in [0.4, 0.5) is 0 Å². The van der Waals surface area contributed by atoms with Gasteiger partial charge in [0, 0.05) is 5.56 Å². The molecule has 160 valence electrons. The van der Waals surface area contributed by atoms with Crippen molar-refractivity contribution < 1.29 is 9.59 Å². The molecule has 7 nitrogen and oxygen atoms in total. The van der Waals surface area contributed by atoms with Gasteiger partial charge < -0.3 is 16.8 Å². The van der Waals surface area contributed by atoms with Crippen LogP contribution in [0.15, 0.2) is 54.6 Å². The molecule has 2 atom stereocenters. The van der Waals surface area contributed by atoms with Gasteiger partial charge in [-0.15, -0.1) is 12.4 Å². The second-order valence-corrected chi connectivity index (χ2v) is 7.32. The number of nitrogen functional groups attached to an aromatic ring is 1. The van der Waals surface area contributed by atoms with E-state index < -0.39 is 6.04 Å². The smallest absolute Gasteiger partial charge is 0.246 e. The first-order valence-electron chi connectivity index (χ1n) is 9.77. The van der Waals surface area contributed by atoms with Crippen molar-refractivity contribution in [3.63, 3.8) is 0 Å². The standard InChI is InChI=1S/C22H27N5O2.ClH/c23-18(13-15-5-2-1-3-6-15)21(28)27(22(29)19-7-4-12-26-19)14-16-8-10-17(11-9-16)20(24)25;/h1-3,5-6,8-11,18-19,26H,4,7,12-14,23H2,(H3,24,25);1H/t18-,19+;/m1./s1. The molecule has 2 aromatic carbocycles. The molecule has 1 fully saturated rings. The SMILES string of the molecule is Cl.N=C(N)c1ccc(CN(C(=O)[C@H](N)Cc2ccccc2)C(=O)[C@@H]2CCCN2)cc1. The van der Waals surface area contributed by atoms with Crippen molar-refractivity contribution in [2.45, 2.75) is 37.9 Å². The highest BCUT2D eigenvalue weighted by Crippen LogP contribution is 2.15. The van der Waals surface area contributed by atoms with Crippen LogP contribution in [0.5, 0.6) is 0 Å². The molecular weight excluding hydrogens is 402 g/mol. The van der Waals surface area contributed by atoms with E-state index in [1.165, 1.54) is 4.90 Å². The maximum absolute atomic E-state index is 13.1. The van der Waals surface area contributed by atoms with Crippen LogP contribution in [-0.2, 0) is 22.6 Å². The van der Waals surface area contributed by atoms with Crippen molar-refractivity contribution >= 4 is 30.1 Å². The summed E-state index contributed by atoms with van der Waals surface area (Å²) in [5.41, 5.74) is 14.0. The zero-order valence-electron chi connectivity index (χ0n) is 16.7. The van der Waals surface area contributed by atoms with Crippen molar-refractivity contribution in [3.05, 3.63) is 71.3 Å². The van der Waals surface area contributed by atoms with E-state index in [0.29, 0.717) is 18.4 Å². The Morgan fingerprint density at radius 3 is 2.33 bits per heavy atom. The zero-order chi connectivity index (χ0) is 20.8. The number of carbonyl (C=O) groups is 2. The van der Waals surface area contributed by atoms with Gasteiger partial charge in [0.25, 0.3) is 0 Å². The van der Waals surface area contributed by atoms with Crippen molar-refractivity contribution in [3.8, 4) is 0 Å². The van der Waals surface area contributed by atoms with Crippen LogP contribution in [0.1, 0.15) is 29.5 Å². The van der Waals surface area contributed by atoms with Crippen molar-refractivity contribution in [1.82, 2.24) is 10.2 Å². The lowest BCUT2D eigenvalue weighted by atomic mass is 10.0. The first-order valence-corrected chi connectivity index (χ1v) is 9.77. The summed E-state index contributed by atoms with van der Waals surface area (Å²) in [6.45, 7) is 0.901. The average molecular weight is 430 g/mol. The summed E-state index contributed by atoms with van der Waals surface area (Å²) in [5.74, 6) is -0.657. The van der Waals surface area contributed by atoms with Crippen LogP contribution in [0.25, 0.3) is 0 Å². The van der Waals surface area contributed by atoms with Crippen LogP contribution >= 0.6 is 12.4 Å². The van der Waals surface area contributed by atoms with E-state index in [1.54, 1.807) is 24.3 Å². The molecule has 0 spiro atoms. The van der Waals surface area contributed by atoms with Gasteiger partial charge in [0.15, 0.2) is 0 Å². The number of imide groups is 1. The van der Waals surface area contributed by atoms with Crippen molar-refractivity contribution in [1.29, 1.82) is 5.41 Å². The number of carbonyl (C=O) groups excluding carboxylic acids is 2. The zero-order valence-corrected chi connectivity index (χ0v) is 17.5. The summed E-state index contributed by atoms with van der Waals surface area (Å²) in [7, 11) is 0. The maximum atomic E-state index is 13.1. The molecule has 0 bridgehead atoms. The Morgan fingerprint density at radius 2 is 1.77 bits per heavy atom. The number of amidine groups is 1. The summed E-state index contributed by atoms with van der Waals surface area (Å²) in [4.78, 5) is 27.4. The Hall–Kier alpha value is -2.74. The molecule has 2 aromatic rings. The highest BCUT2D eigenvalue weighted by Gasteiger charge is 2.33. The van der Waals surface area contributed by atoms with Crippen LogP contribution in [0, 0.1) is 5.41 Å². The monoisotopic (exact) mass is 429 g/mol. The third-order valence-corrected chi connectivity index (χ3v) is 5.11. The molecule has 3 rings (SSSR count). The predicted molar refractivity (Wildman–Crippen MR) is 119 cm³/mol. The number of amides is 2. The normalized spacial score (nSPS) is 16.4. The lowest BCUT2D eigenvalue weighted by molar-refractivity contribution is -0.147. The highest BCUT2D eigenvalue weighted by molar-refractivity contribution is 6.00. The van der Waals surface area contributed by atoms with E-state index in [2.05, 4.69) is 5.32 Å². The fourth-order valence-electron chi connectivity index (χ4n) is 3.48. The highest BCUT2D eigenvalue weighted by atomic mass is 35.5. The van der Waals surface area contributed by atoms with E-state index in [0.717, 1.165) is 24.1 Å². The Labute approximate surface area is 182 Å². The van der Waals surface area contributed by atoms with Crippen LogP contribution < -0.4 is 16.8 Å². The molecule has 0 aliphatic carbocycles. The molecule has 1 aliphatic heterocycles. The van der Waals surface area contributed by atoms with Crippen LogP contribution in [-0.4, -0.2) is 41.2 Å². The van der Waals surface area contributed by atoms with Gasteiger partial charge in [-0.25, -0.2) is 0 Å². The predicted octanol–water partition coefficient (Wildman–Crippen LogP) is 1.57. The number of halogens is 1. The summed E-state index contributed by atoms with van der Waals surface area (Å²) in [6, 6.07) is 15.3. The molecule has 1 aliphatic rings. The maximum Gasteiger partial charge on any atom is 0.246 e. The minimum atomic E-state index is -0.806. The Kier molecular flexibility index (Phi) is 8.53. The van der Waals surface area contributed by atoms with E-state index in [-0.39, 0.29) is 42.6 Å². The Morgan fingerprint density at radius 1 is 1.10 bits per heavy atom. The minimum absolute atomic E-state index is 0. The molecule has 30 heavy (non-hydrogen) atoms. The number of rotatable bonds is 7. The number of hydrogen-bond donors (Lipinski definition) is 4. The first kappa shape index (κ1) is 23.5. The van der Waals surface area contributed by atoms with Gasteiger partial charge in [0.1, 0.15) is 5.84 Å². The molecule has 0 saturated carbocycles. The van der Waals surface area contributed by atoms with Gasteiger partial charge in [-0.1, -0.05) is 54.6 Å². The van der Waals surface area contributed by atoms with E-state index in [4.69, 9.17) is 16.9 Å². The number of hydrogen-bond acceptors (Lipinski definition) is 5. The first-order chi connectivity index (χ1) is 14.0. The second-order valence-electron chi connectivity index (χ2n) is 7.32. The Balaban J connectivity index is 0.00000320. The summed E-state index contributed by atoms with van der Waals surface area (Å²) < 4.78 is 0. The molecule has 8 heteroatoms. The van der Waals surface area contributed by atoms with E-state index in [1.807, 2.05) is 30.3 Å². The van der Waals surface area contributed by atoms with Crippen LogP contribution in [0.2, 0.25) is 0 Å². The molecule has 6 N–H and O–H groups in total. The third kappa shape index (κ3) is 5.89. The van der Waals surface area contributed by atoms with Crippen LogP contribution in [0.3, 0.4) is 0 Å². The topological polar surface area (TPSA) is 125 Å². The van der Waals surface area contributed by atoms with Gasteiger partial charge in [0.2, 0.25) is 11.8 Å². The van der Waals surface area contributed by atoms with Gasteiger partial charge in [-0.05, 0) is 36.9 Å². The van der Waals surface area contributed by atoms with E-state index in [9.17, 15) is 9.59 Å². The van der Waals surface area contributed by atoms with Gasteiger partial charge >= 0.3 is 0 Å². The van der Waals surface area contributed by atoms with E-state index >= 15 is 0 Å². The number of nitrogens with two attached hydrogens (primary N) is 2. The van der Waals surface area contributed by atoms with Gasteiger partial charge in [0.05, 0.1) is 18.6 Å². The van der Waals surface area contributed by atoms with Crippen molar-refractivity contribution in [2.24, 2.45) is 11.5 Å². The molecule has 2 amide bonds. The molecular formula is C22H28ClN5O2. The fourth-order valence-corrected chi connectivity index (χ4v) is 3.48. The quantitative estimate of drug-likeness (QED) is 0.392. The largest absolute Gasteiger partial charge is 0.384 e. The molecule has 0 aromatic heterocycles. The number of nitrogens with zero attached hydrogens (tertiary/aromatic N) is 1. The van der Waals surface area contributed by atoms with Gasteiger partial charge in [-0.3, -0.25) is 19.9 Å². The number of benzene rings is 2. The lowest BCUT2D eigenvalue weighted by Gasteiger charge is -2.27. The third-order valence-electron chi connectivity index (χ3n) is 5.11. The fraction of sp³-hybridized carbons (Fsp3) is 0.318. The number of nitrogens with one attached hydrogen (secondary N) is 2.